The SMILES string of the molecule is NC(Cc1ccccc1Cl)CC1CCC2(CCCCC2)O1. The van der Waals surface area contributed by atoms with Gasteiger partial charge >= 0.3 is 0 Å². The van der Waals surface area contributed by atoms with Crippen LogP contribution in [0.1, 0.15) is 56.9 Å². The van der Waals surface area contributed by atoms with Gasteiger partial charge in [0.05, 0.1) is 11.7 Å². The second-order valence-electron chi connectivity index (χ2n) is 6.81. The van der Waals surface area contributed by atoms with Gasteiger partial charge in [-0.25, -0.2) is 0 Å². The molecular weight excluding hydrogens is 282 g/mol. The van der Waals surface area contributed by atoms with Gasteiger partial charge < -0.3 is 10.5 Å². The average molecular weight is 308 g/mol. The topological polar surface area (TPSA) is 35.2 Å². The molecule has 21 heavy (non-hydrogen) atoms. The summed E-state index contributed by atoms with van der Waals surface area (Å²) < 4.78 is 6.42. The number of hydrogen-bond donors (Lipinski definition) is 1. The molecule has 0 radical (unpaired) electrons. The Kier molecular flexibility index (Phi) is 4.88. The molecule has 3 heteroatoms. The summed E-state index contributed by atoms with van der Waals surface area (Å²) in [5.41, 5.74) is 7.69. The molecule has 0 bridgehead atoms. The predicted octanol–water partition coefficient (Wildman–Crippen LogP) is 4.48. The maximum Gasteiger partial charge on any atom is 0.0687 e. The van der Waals surface area contributed by atoms with Crippen LogP contribution in [0.2, 0.25) is 5.02 Å². The smallest absolute Gasteiger partial charge is 0.0687 e. The number of hydrogen-bond acceptors (Lipinski definition) is 2. The van der Waals surface area contributed by atoms with Gasteiger partial charge in [0, 0.05) is 11.1 Å². The monoisotopic (exact) mass is 307 g/mol. The summed E-state index contributed by atoms with van der Waals surface area (Å²) in [6.07, 6.45) is 11.1. The molecule has 2 atom stereocenters. The summed E-state index contributed by atoms with van der Waals surface area (Å²) in [5.74, 6) is 0. The van der Waals surface area contributed by atoms with Gasteiger partial charge in [-0.3, -0.25) is 0 Å². The lowest BCUT2D eigenvalue weighted by atomic mass is 9.83. The fraction of sp³-hybridized carbons (Fsp3) is 0.667. The fourth-order valence-corrected chi connectivity index (χ4v) is 4.21. The highest BCUT2D eigenvalue weighted by Gasteiger charge is 2.40. The zero-order valence-corrected chi connectivity index (χ0v) is 13.4. The number of nitrogens with two attached hydrogens (primary N) is 1. The minimum absolute atomic E-state index is 0.133. The third-order valence-electron chi connectivity index (χ3n) is 5.11. The number of rotatable bonds is 4. The van der Waals surface area contributed by atoms with E-state index >= 15 is 0 Å². The van der Waals surface area contributed by atoms with Crippen LogP contribution in [0, 0.1) is 0 Å². The molecule has 2 unspecified atom stereocenters. The van der Waals surface area contributed by atoms with Crippen molar-refractivity contribution in [3.8, 4) is 0 Å². The van der Waals surface area contributed by atoms with E-state index in [0.717, 1.165) is 23.4 Å². The van der Waals surface area contributed by atoms with E-state index in [1.165, 1.54) is 44.9 Å². The molecule has 0 amide bonds. The Morgan fingerprint density at radius 1 is 1.19 bits per heavy atom. The summed E-state index contributed by atoms with van der Waals surface area (Å²) in [6, 6.07) is 8.13. The van der Waals surface area contributed by atoms with Crippen molar-refractivity contribution in [1.29, 1.82) is 0 Å². The third-order valence-corrected chi connectivity index (χ3v) is 5.48. The van der Waals surface area contributed by atoms with Gasteiger partial charge in [-0.1, -0.05) is 49.1 Å². The molecule has 1 aliphatic heterocycles. The van der Waals surface area contributed by atoms with Gasteiger partial charge in [-0.2, -0.15) is 0 Å². The molecule has 1 aromatic carbocycles. The van der Waals surface area contributed by atoms with Crippen LogP contribution in [-0.4, -0.2) is 17.7 Å². The molecule has 2 N–H and O–H groups in total. The van der Waals surface area contributed by atoms with Gasteiger partial charge in [0.25, 0.3) is 0 Å². The minimum atomic E-state index is 0.133. The van der Waals surface area contributed by atoms with Crippen molar-refractivity contribution in [3.63, 3.8) is 0 Å². The zero-order valence-electron chi connectivity index (χ0n) is 12.7. The van der Waals surface area contributed by atoms with Crippen molar-refractivity contribution in [1.82, 2.24) is 0 Å². The first-order valence-electron chi connectivity index (χ1n) is 8.34. The lowest BCUT2D eigenvalue weighted by molar-refractivity contribution is -0.0670. The standard InChI is InChI=1S/C18H26ClNO/c19-17-7-3-2-6-14(17)12-15(20)13-16-8-11-18(21-16)9-4-1-5-10-18/h2-3,6-7,15-16H,1,4-5,8-13,20H2. The van der Waals surface area contributed by atoms with Crippen LogP contribution < -0.4 is 5.73 Å². The molecule has 2 nitrogen and oxygen atoms in total. The van der Waals surface area contributed by atoms with Crippen LogP contribution in [0.15, 0.2) is 24.3 Å². The van der Waals surface area contributed by atoms with Crippen molar-refractivity contribution in [2.45, 2.75) is 75.5 Å². The lowest BCUT2D eigenvalue weighted by Crippen LogP contribution is -2.34. The molecule has 1 heterocycles. The molecule has 0 aromatic heterocycles. The molecule has 1 saturated carbocycles. The van der Waals surface area contributed by atoms with E-state index in [1.807, 2.05) is 18.2 Å². The Morgan fingerprint density at radius 3 is 2.71 bits per heavy atom. The van der Waals surface area contributed by atoms with Crippen LogP contribution >= 0.6 is 11.6 Å². The van der Waals surface area contributed by atoms with E-state index in [0.29, 0.717) is 6.10 Å². The van der Waals surface area contributed by atoms with Gasteiger partial charge in [0.15, 0.2) is 0 Å². The van der Waals surface area contributed by atoms with Gasteiger partial charge in [0.2, 0.25) is 0 Å². The van der Waals surface area contributed by atoms with Crippen molar-refractivity contribution < 1.29 is 4.74 Å². The summed E-state index contributed by atoms with van der Waals surface area (Å²) in [4.78, 5) is 0. The molecular formula is C18H26ClNO. The maximum absolute atomic E-state index is 6.42. The minimum Gasteiger partial charge on any atom is -0.372 e. The van der Waals surface area contributed by atoms with Crippen molar-refractivity contribution in [3.05, 3.63) is 34.9 Å². The van der Waals surface area contributed by atoms with Crippen LogP contribution in [0.5, 0.6) is 0 Å². The Hall–Kier alpha value is -0.570. The number of halogens is 1. The molecule has 1 spiro atoms. The largest absolute Gasteiger partial charge is 0.372 e. The van der Waals surface area contributed by atoms with Crippen molar-refractivity contribution in [2.24, 2.45) is 5.73 Å². The zero-order chi connectivity index (χ0) is 14.7. The molecule has 3 rings (SSSR count). The van der Waals surface area contributed by atoms with Crippen molar-refractivity contribution >= 4 is 11.6 Å². The summed E-state index contributed by atoms with van der Waals surface area (Å²) in [6.45, 7) is 0. The first-order chi connectivity index (χ1) is 10.2. The second kappa shape index (κ2) is 6.68. The highest BCUT2D eigenvalue weighted by molar-refractivity contribution is 6.31. The summed E-state index contributed by atoms with van der Waals surface area (Å²) in [5, 5.41) is 0.823. The average Bonchev–Trinajstić information content (AvgIpc) is 2.84. The lowest BCUT2D eigenvalue weighted by Gasteiger charge is -2.33. The fourth-order valence-electron chi connectivity index (χ4n) is 3.99. The van der Waals surface area contributed by atoms with Gasteiger partial charge in [-0.15, -0.1) is 0 Å². The summed E-state index contributed by atoms with van der Waals surface area (Å²) >= 11 is 6.21. The van der Waals surface area contributed by atoms with Gasteiger partial charge in [0.1, 0.15) is 0 Å². The first-order valence-corrected chi connectivity index (χ1v) is 8.71. The highest BCUT2D eigenvalue weighted by Crippen LogP contribution is 2.42. The van der Waals surface area contributed by atoms with Gasteiger partial charge in [-0.05, 0) is 50.2 Å². The van der Waals surface area contributed by atoms with E-state index in [4.69, 9.17) is 22.1 Å². The third kappa shape index (κ3) is 3.80. The molecule has 116 valence electrons. The van der Waals surface area contributed by atoms with E-state index in [9.17, 15) is 0 Å². The quantitative estimate of drug-likeness (QED) is 0.890. The first kappa shape index (κ1) is 15.3. The molecule has 2 aliphatic rings. The molecule has 2 fully saturated rings. The van der Waals surface area contributed by atoms with E-state index in [2.05, 4.69) is 6.07 Å². The maximum atomic E-state index is 6.42. The van der Waals surface area contributed by atoms with Crippen LogP contribution in [0.4, 0.5) is 0 Å². The Balaban J connectivity index is 1.52. The van der Waals surface area contributed by atoms with E-state index in [1.54, 1.807) is 0 Å². The highest BCUT2D eigenvalue weighted by atomic mass is 35.5. The Labute approximate surface area is 133 Å². The van der Waals surface area contributed by atoms with Crippen LogP contribution in [-0.2, 0) is 11.2 Å². The predicted molar refractivity (Wildman–Crippen MR) is 87.7 cm³/mol. The number of ether oxygens (including phenoxy) is 1. The van der Waals surface area contributed by atoms with E-state index in [-0.39, 0.29) is 11.6 Å². The van der Waals surface area contributed by atoms with E-state index < -0.39 is 0 Å². The normalized spacial score (nSPS) is 26.1. The van der Waals surface area contributed by atoms with Crippen LogP contribution in [0.3, 0.4) is 0 Å². The Bertz CT molecular complexity index is 470. The molecule has 1 aliphatic carbocycles. The second-order valence-corrected chi connectivity index (χ2v) is 7.22. The summed E-state index contributed by atoms with van der Waals surface area (Å²) in [7, 11) is 0. The molecule has 1 aromatic rings. The van der Waals surface area contributed by atoms with Crippen molar-refractivity contribution in [2.75, 3.05) is 0 Å². The van der Waals surface area contributed by atoms with Crippen LogP contribution in [0.25, 0.3) is 0 Å². The molecule has 1 saturated heterocycles. The Morgan fingerprint density at radius 2 is 1.95 bits per heavy atom. The number of benzene rings is 1.